The summed E-state index contributed by atoms with van der Waals surface area (Å²) in [5.41, 5.74) is -0.0923. The third kappa shape index (κ3) is 4.00. The highest BCUT2D eigenvalue weighted by molar-refractivity contribution is 5.92. The lowest BCUT2D eigenvalue weighted by Gasteiger charge is -2.16. The summed E-state index contributed by atoms with van der Waals surface area (Å²) in [5, 5.41) is 9.08. The van der Waals surface area contributed by atoms with Crippen LogP contribution in [0.5, 0.6) is 17.2 Å². The molecule has 0 saturated carbocycles. The monoisotopic (exact) mass is 316 g/mol. The number of carbonyl (C=O) groups excluding carboxylic acids is 1. The Morgan fingerprint density at radius 2 is 1.52 bits per heavy atom. The van der Waals surface area contributed by atoms with Gasteiger partial charge in [0.05, 0.1) is 7.11 Å². The number of aromatic carboxylic acids is 1. The van der Waals surface area contributed by atoms with Gasteiger partial charge in [0.2, 0.25) is 0 Å². The van der Waals surface area contributed by atoms with Gasteiger partial charge in [0.25, 0.3) is 0 Å². The molecule has 2 aromatic rings. The van der Waals surface area contributed by atoms with Crippen molar-refractivity contribution < 1.29 is 28.9 Å². The van der Waals surface area contributed by atoms with Gasteiger partial charge in [0.15, 0.2) is 17.6 Å². The number of hydrogen-bond donors (Lipinski definition) is 1. The minimum atomic E-state index is -1.17. The second kappa shape index (κ2) is 7.31. The zero-order valence-electron chi connectivity index (χ0n) is 12.7. The molecule has 6 nitrogen and oxygen atoms in total. The number of carbonyl (C=O) groups is 2. The van der Waals surface area contributed by atoms with Crippen LogP contribution in [0.15, 0.2) is 48.5 Å². The Morgan fingerprint density at radius 1 is 0.957 bits per heavy atom. The smallest absolute Gasteiger partial charge is 0.352 e. The summed E-state index contributed by atoms with van der Waals surface area (Å²) >= 11 is 0. The molecular weight excluding hydrogens is 300 g/mol. The van der Waals surface area contributed by atoms with Crippen molar-refractivity contribution in [1.29, 1.82) is 0 Å². The van der Waals surface area contributed by atoms with Gasteiger partial charge in [-0.2, -0.15) is 0 Å². The number of hydrogen-bond acceptors (Lipinski definition) is 5. The lowest BCUT2D eigenvalue weighted by Crippen LogP contribution is -2.29. The van der Waals surface area contributed by atoms with E-state index in [0.29, 0.717) is 11.5 Å². The average molecular weight is 316 g/mol. The molecule has 1 atom stereocenters. The summed E-state index contributed by atoms with van der Waals surface area (Å²) in [5.74, 6) is -1.03. The fourth-order valence-electron chi connectivity index (χ4n) is 1.88. The van der Waals surface area contributed by atoms with Gasteiger partial charge in [-0.3, -0.25) is 0 Å². The number of esters is 1. The molecule has 0 bridgehead atoms. The minimum absolute atomic E-state index is 0.0273. The van der Waals surface area contributed by atoms with E-state index in [4.69, 9.17) is 19.3 Å². The Kier molecular flexibility index (Phi) is 5.19. The Labute approximate surface area is 133 Å². The van der Waals surface area contributed by atoms with Crippen LogP contribution in [0.4, 0.5) is 0 Å². The van der Waals surface area contributed by atoms with E-state index < -0.39 is 18.0 Å². The first-order valence-electron chi connectivity index (χ1n) is 6.86. The van der Waals surface area contributed by atoms with Crippen molar-refractivity contribution in [3.05, 3.63) is 54.1 Å². The summed E-state index contributed by atoms with van der Waals surface area (Å²) < 4.78 is 15.8. The van der Waals surface area contributed by atoms with Crippen LogP contribution in [0.2, 0.25) is 0 Å². The van der Waals surface area contributed by atoms with E-state index >= 15 is 0 Å². The highest BCUT2D eigenvalue weighted by Crippen LogP contribution is 2.27. The first-order chi connectivity index (χ1) is 11.0. The van der Waals surface area contributed by atoms with Crippen molar-refractivity contribution in [3.8, 4) is 17.2 Å². The molecule has 0 fully saturated rings. The summed E-state index contributed by atoms with van der Waals surface area (Å²) in [6, 6.07) is 12.8. The van der Waals surface area contributed by atoms with E-state index in [-0.39, 0.29) is 11.3 Å². The van der Waals surface area contributed by atoms with Crippen molar-refractivity contribution in [2.75, 3.05) is 7.11 Å². The molecule has 6 heteroatoms. The van der Waals surface area contributed by atoms with Crippen LogP contribution in [-0.2, 0) is 4.79 Å². The number of rotatable bonds is 6. The van der Waals surface area contributed by atoms with Gasteiger partial charge in [-0.25, -0.2) is 9.59 Å². The van der Waals surface area contributed by atoms with Crippen LogP contribution in [0.25, 0.3) is 0 Å². The molecule has 0 aromatic heterocycles. The Bertz CT molecular complexity index is 710. The van der Waals surface area contributed by atoms with Gasteiger partial charge in [0.1, 0.15) is 11.3 Å². The second-order valence-corrected chi connectivity index (χ2v) is 4.63. The van der Waals surface area contributed by atoms with E-state index in [2.05, 4.69) is 0 Å². The Hall–Kier alpha value is -3.02. The molecule has 2 aromatic carbocycles. The molecule has 0 spiro atoms. The third-order valence-corrected chi connectivity index (χ3v) is 3.03. The van der Waals surface area contributed by atoms with Crippen molar-refractivity contribution >= 4 is 11.9 Å². The van der Waals surface area contributed by atoms with Crippen LogP contribution < -0.4 is 14.2 Å². The quantitative estimate of drug-likeness (QED) is 0.652. The standard InChI is InChI=1S/C17H16O6/c1-11(22-15-10-6-5-9-14(15)21-2)17(20)23-13-8-4-3-7-12(13)16(18)19/h3-11H,1-2H3,(H,18,19). The third-order valence-electron chi connectivity index (χ3n) is 3.03. The molecule has 0 saturated heterocycles. The molecule has 120 valence electrons. The Balaban J connectivity index is 2.10. The molecule has 2 rings (SSSR count). The lowest BCUT2D eigenvalue weighted by atomic mass is 10.2. The molecule has 0 aliphatic heterocycles. The highest BCUT2D eigenvalue weighted by atomic mass is 16.6. The Morgan fingerprint density at radius 3 is 2.13 bits per heavy atom. The summed E-state index contributed by atoms with van der Waals surface area (Å²) in [6.07, 6.45) is -0.937. The first-order valence-corrected chi connectivity index (χ1v) is 6.86. The zero-order chi connectivity index (χ0) is 16.8. The van der Waals surface area contributed by atoms with Crippen LogP contribution >= 0.6 is 0 Å². The van der Waals surface area contributed by atoms with E-state index in [1.54, 1.807) is 36.4 Å². The molecule has 0 radical (unpaired) electrons. The van der Waals surface area contributed by atoms with Crippen molar-refractivity contribution in [2.24, 2.45) is 0 Å². The highest BCUT2D eigenvalue weighted by Gasteiger charge is 2.21. The van der Waals surface area contributed by atoms with Gasteiger partial charge in [-0.05, 0) is 31.2 Å². The number of benzene rings is 2. The summed E-state index contributed by atoms with van der Waals surface area (Å²) in [7, 11) is 1.49. The topological polar surface area (TPSA) is 82.1 Å². The number of carboxylic acids is 1. The molecule has 1 unspecified atom stereocenters. The minimum Gasteiger partial charge on any atom is -0.493 e. The van der Waals surface area contributed by atoms with Crippen LogP contribution in [0.1, 0.15) is 17.3 Å². The first kappa shape index (κ1) is 16.4. The maximum absolute atomic E-state index is 12.1. The second-order valence-electron chi connectivity index (χ2n) is 4.63. The molecule has 0 heterocycles. The number of carboxylic acid groups (broad SMARTS) is 1. The summed E-state index contributed by atoms with van der Waals surface area (Å²) in [6.45, 7) is 1.51. The van der Waals surface area contributed by atoms with Crippen LogP contribution in [-0.4, -0.2) is 30.3 Å². The van der Waals surface area contributed by atoms with E-state index in [1.807, 2.05) is 0 Å². The molecule has 0 aliphatic carbocycles. The van der Waals surface area contributed by atoms with Crippen LogP contribution in [0.3, 0.4) is 0 Å². The normalized spacial score (nSPS) is 11.4. The number of para-hydroxylation sites is 3. The van der Waals surface area contributed by atoms with Gasteiger partial charge < -0.3 is 19.3 Å². The maximum atomic E-state index is 12.1. The molecule has 0 aliphatic rings. The van der Waals surface area contributed by atoms with E-state index in [9.17, 15) is 9.59 Å². The molecule has 23 heavy (non-hydrogen) atoms. The van der Waals surface area contributed by atoms with Gasteiger partial charge >= 0.3 is 11.9 Å². The average Bonchev–Trinajstić information content (AvgIpc) is 2.55. The van der Waals surface area contributed by atoms with E-state index in [1.165, 1.54) is 26.2 Å². The van der Waals surface area contributed by atoms with Crippen molar-refractivity contribution in [1.82, 2.24) is 0 Å². The predicted octanol–water partition coefficient (Wildman–Crippen LogP) is 2.77. The SMILES string of the molecule is COc1ccccc1OC(C)C(=O)Oc1ccccc1C(=O)O. The fourth-order valence-corrected chi connectivity index (χ4v) is 1.88. The van der Waals surface area contributed by atoms with Crippen molar-refractivity contribution in [2.45, 2.75) is 13.0 Å². The lowest BCUT2D eigenvalue weighted by molar-refractivity contribution is -0.141. The number of methoxy groups -OCH3 is 1. The largest absolute Gasteiger partial charge is 0.493 e. The zero-order valence-corrected chi connectivity index (χ0v) is 12.7. The van der Waals surface area contributed by atoms with Gasteiger partial charge in [-0.1, -0.05) is 24.3 Å². The number of ether oxygens (including phenoxy) is 3. The fraction of sp³-hybridized carbons (Fsp3) is 0.176. The molecule has 1 N–H and O–H groups in total. The summed E-state index contributed by atoms with van der Waals surface area (Å²) in [4.78, 5) is 23.2. The van der Waals surface area contributed by atoms with E-state index in [0.717, 1.165) is 0 Å². The van der Waals surface area contributed by atoms with Crippen molar-refractivity contribution in [3.63, 3.8) is 0 Å². The van der Waals surface area contributed by atoms with Gasteiger partial charge in [-0.15, -0.1) is 0 Å². The van der Waals surface area contributed by atoms with Crippen LogP contribution in [0, 0.1) is 0 Å². The molecular formula is C17H16O6. The molecule has 0 amide bonds. The maximum Gasteiger partial charge on any atom is 0.352 e. The predicted molar refractivity (Wildman–Crippen MR) is 82.1 cm³/mol. The van der Waals surface area contributed by atoms with Gasteiger partial charge in [0, 0.05) is 0 Å².